The number of pyridine rings is 1. The van der Waals surface area contributed by atoms with E-state index in [1.54, 1.807) is 13.0 Å². The normalized spacial score (nSPS) is 12.2. The number of aryl methyl sites for hydroxylation is 1. The summed E-state index contributed by atoms with van der Waals surface area (Å²) in [6.45, 7) is 1.82. The van der Waals surface area contributed by atoms with Gasteiger partial charge in [0.15, 0.2) is 11.6 Å². The standard InChI is InChI=1S/C10H15N3O3/c1-6-3-4-7(14)9(12-6)13-10(15)8(5-11)16-2/h3-4,8,14H,5,11H2,1-2H3,(H,12,13,15). The van der Waals surface area contributed by atoms with E-state index in [2.05, 4.69) is 10.3 Å². The van der Waals surface area contributed by atoms with Gasteiger partial charge >= 0.3 is 0 Å². The number of anilines is 1. The van der Waals surface area contributed by atoms with Gasteiger partial charge in [-0.3, -0.25) is 4.79 Å². The topological polar surface area (TPSA) is 97.5 Å². The highest BCUT2D eigenvalue weighted by Crippen LogP contribution is 2.20. The molecule has 0 bridgehead atoms. The zero-order valence-corrected chi connectivity index (χ0v) is 9.23. The van der Waals surface area contributed by atoms with Crippen molar-refractivity contribution in [2.45, 2.75) is 13.0 Å². The molecule has 1 amide bonds. The van der Waals surface area contributed by atoms with E-state index in [1.165, 1.54) is 13.2 Å². The molecule has 1 atom stereocenters. The molecule has 0 fully saturated rings. The van der Waals surface area contributed by atoms with Gasteiger partial charge in [0, 0.05) is 19.3 Å². The molecule has 1 aromatic rings. The van der Waals surface area contributed by atoms with Crippen LogP contribution in [-0.2, 0) is 9.53 Å². The van der Waals surface area contributed by atoms with Crippen molar-refractivity contribution in [2.75, 3.05) is 19.0 Å². The Morgan fingerprint density at radius 2 is 2.38 bits per heavy atom. The van der Waals surface area contributed by atoms with Gasteiger partial charge in [0.05, 0.1) is 0 Å². The third kappa shape index (κ3) is 2.91. The molecular weight excluding hydrogens is 210 g/mol. The van der Waals surface area contributed by atoms with Crippen LogP contribution in [0, 0.1) is 6.92 Å². The number of methoxy groups -OCH3 is 1. The Kier molecular flexibility index (Phi) is 4.21. The van der Waals surface area contributed by atoms with Crippen molar-refractivity contribution >= 4 is 11.7 Å². The van der Waals surface area contributed by atoms with Crippen LogP contribution in [0.1, 0.15) is 5.69 Å². The first kappa shape index (κ1) is 12.4. The summed E-state index contributed by atoms with van der Waals surface area (Å²) in [6, 6.07) is 3.10. The highest BCUT2D eigenvalue weighted by molar-refractivity contribution is 5.94. The maximum Gasteiger partial charge on any atom is 0.256 e. The minimum absolute atomic E-state index is 0.0644. The highest BCUT2D eigenvalue weighted by Gasteiger charge is 2.17. The predicted molar refractivity (Wildman–Crippen MR) is 59.1 cm³/mol. The van der Waals surface area contributed by atoms with Crippen LogP contribution in [0.5, 0.6) is 5.75 Å². The summed E-state index contributed by atoms with van der Waals surface area (Å²) in [5.74, 6) is -0.412. The molecule has 6 nitrogen and oxygen atoms in total. The molecule has 1 heterocycles. The average molecular weight is 225 g/mol. The minimum Gasteiger partial charge on any atom is -0.504 e. The number of carbonyl (C=O) groups excluding carboxylic acids is 1. The van der Waals surface area contributed by atoms with Gasteiger partial charge in [-0.05, 0) is 19.1 Å². The first-order valence-electron chi connectivity index (χ1n) is 4.78. The molecular formula is C10H15N3O3. The summed E-state index contributed by atoms with van der Waals surface area (Å²) in [5, 5.41) is 11.9. The molecule has 0 aliphatic heterocycles. The second-order valence-corrected chi connectivity index (χ2v) is 3.27. The van der Waals surface area contributed by atoms with E-state index in [4.69, 9.17) is 10.5 Å². The number of hydrogen-bond donors (Lipinski definition) is 3. The monoisotopic (exact) mass is 225 g/mol. The summed E-state index contributed by atoms with van der Waals surface area (Å²) < 4.78 is 4.86. The lowest BCUT2D eigenvalue weighted by Gasteiger charge is -2.13. The van der Waals surface area contributed by atoms with Crippen LogP contribution >= 0.6 is 0 Å². The number of aromatic nitrogens is 1. The third-order valence-electron chi connectivity index (χ3n) is 2.05. The number of carbonyl (C=O) groups is 1. The van der Waals surface area contributed by atoms with Crippen molar-refractivity contribution in [2.24, 2.45) is 5.73 Å². The first-order chi connectivity index (χ1) is 7.58. The number of nitrogens with two attached hydrogens (primary N) is 1. The van der Waals surface area contributed by atoms with Gasteiger partial charge in [-0.25, -0.2) is 4.98 Å². The van der Waals surface area contributed by atoms with Crippen molar-refractivity contribution < 1.29 is 14.6 Å². The number of nitrogens with one attached hydrogen (secondary N) is 1. The maximum atomic E-state index is 11.6. The summed E-state index contributed by atoms with van der Waals surface area (Å²) in [4.78, 5) is 15.6. The third-order valence-corrected chi connectivity index (χ3v) is 2.05. The van der Waals surface area contributed by atoms with E-state index >= 15 is 0 Å². The molecule has 1 aromatic heterocycles. The Morgan fingerprint density at radius 1 is 1.69 bits per heavy atom. The van der Waals surface area contributed by atoms with Gasteiger partial charge in [0.2, 0.25) is 0 Å². The van der Waals surface area contributed by atoms with Gasteiger partial charge in [-0.2, -0.15) is 0 Å². The molecule has 0 radical (unpaired) electrons. The van der Waals surface area contributed by atoms with E-state index in [-0.39, 0.29) is 18.1 Å². The smallest absolute Gasteiger partial charge is 0.256 e. The highest BCUT2D eigenvalue weighted by atomic mass is 16.5. The average Bonchev–Trinajstić information content (AvgIpc) is 2.25. The van der Waals surface area contributed by atoms with Crippen LogP contribution in [0.15, 0.2) is 12.1 Å². The van der Waals surface area contributed by atoms with Gasteiger partial charge in [-0.1, -0.05) is 0 Å². The second kappa shape index (κ2) is 5.43. The van der Waals surface area contributed by atoms with Crippen LogP contribution in [0.3, 0.4) is 0 Å². The molecule has 1 rings (SSSR count). The van der Waals surface area contributed by atoms with E-state index < -0.39 is 12.0 Å². The fraction of sp³-hybridized carbons (Fsp3) is 0.400. The van der Waals surface area contributed by atoms with Gasteiger partial charge < -0.3 is 20.9 Å². The van der Waals surface area contributed by atoms with Crippen molar-refractivity contribution in [3.8, 4) is 5.75 Å². The molecule has 1 unspecified atom stereocenters. The molecule has 88 valence electrons. The molecule has 0 aliphatic carbocycles. The number of hydrogen-bond acceptors (Lipinski definition) is 5. The quantitative estimate of drug-likeness (QED) is 0.670. The lowest BCUT2D eigenvalue weighted by atomic mass is 10.3. The number of nitrogens with zero attached hydrogens (tertiary/aromatic N) is 1. The fourth-order valence-corrected chi connectivity index (χ4v) is 1.15. The Bertz CT molecular complexity index is 378. The summed E-state index contributed by atoms with van der Waals surface area (Å²) in [7, 11) is 1.39. The lowest BCUT2D eigenvalue weighted by molar-refractivity contribution is -0.125. The molecule has 0 aliphatic rings. The zero-order valence-electron chi connectivity index (χ0n) is 9.23. The Morgan fingerprint density at radius 3 is 2.94 bits per heavy atom. The number of amides is 1. The Balaban J connectivity index is 2.80. The van der Waals surface area contributed by atoms with Crippen LogP contribution in [0.4, 0.5) is 5.82 Å². The van der Waals surface area contributed by atoms with Gasteiger partial charge in [-0.15, -0.1) is 0 Å². The van der Waals surface area contributed by atoms with E-state index in [1.807, 2.05) is 0 Å². The van der Waals surface area contributed by atoms with Gasteiger partial charge in [0.1, 0.15) is 6.10 Å². The molecule has 4 N–H and O–H groups in total. The Hall–Kier alpha value is -1.66. The van der Waals surface area contributed by atoms with Crippen molar-refractivity contribution in [1.29, 1.82) is 0 Å². The van der Waals surface area contributed by atoms with Crippen LogP contribution in [-0.4, -0.2) is 35.8 Å². The minimum atomic E-state index is -0.748. The first-order valence-corrected chi connectivity index (χ1v) is 4.78. The van der Waals surface area contributed by atoms with Crippen molar-refractivity contribution in [3.63, 3.8) is 0 Å². The molecule has 0 aromatic carbocycles. The summed E-state index contributed by atoms with van der Waals surface area (Å²) >= 11 is 0. The molecule has 0 saturated heterocycles. The maximum absolute atomic E-state index is 11.6. The van der Waals surface area contributed by atoms with Crippen molar-refractivity contribution in [3.05, 3.63) is 17.8 Å². The summed E-state index contributed by atoms with van der Waals surface area (Å²) in [5.41, 5.74) is 6.03. The van der Waals surface area contributed by atoms with Crippen LogP contribution in [0.2, 0.25) is 0 Å². The Labute approximate surface area is 93.4 Å². The van der Waals surface area contributed by atoms with Gasteiger partial charge in [0.25, 0.3) is 5.91 Å². The fourth-order valence-electron chi connectivity index (χ4n) is 1.15. The number of ether oxygens (including phenoxy) is 1. The number of aromatic hydroxyl groups is 1. The van der Waals surface area contributed by atoms with E-state index in [9.17, 15) is 9.90 Å². The van der Waals surface area contributed by atoms with Crippen molar-refractivity contribution in [1.82, 2.24) is 4.98 Å². The van der Waals surface area contributed by atoms with E-state index in [0.29, 0.717) is 5.69 Å². The SMILES string of the molecule is COC(CN)C(=O)Nc1nc(C)ccc1O. The largest absolute Gasteiger partial charge is 0.504 e. The number of rotatable bonds is 4. The molecule has 0 spiro atoms. The molecule has 6 heteroatoms. The van der Waals surface area contributed by atoms with Crippen LogP contribution in [0.25, 0.3) is 0 Å². The summed E-state index contributed by atoms with van der Waals surface area (Å²) in [6.07, 6.45) is -0.748. The molecule has 16 heavy (non-hydrogen) atoms. The second-order valence-electron chi connectivity index (χ2n) is 3.27. The zero-order chi connectivity index (χ0) is 12.1. The lowest BCUT2D eigenvalue weighted by Crippen LogP contribution is -2.36. The molecule has 0 saturated carbocycles. The predicted octanol–water partition coefficient (Wildman–Crippen LogP) is 0.00782. The van der Waals surface area contributed by atoms with Crippen LogP contribution < -0.4 is 11.1 Å². The van der Waals surface area contributed by atoms with E-state index in [0.717, 1.165) is 0 Å².